The van der Waals surface area contributed by atoms with Gasteiger partial charge in [0.05, 0.1) is 18.9 Å². The quantitative estimate of drug-likeness (QED) is 0.516. The largest absolute Gasteiger partial charge is 0.450 e. The van der Waals surface area contributed by atoms with Gasteiger partial charge in [0.25, 0.3) is 10.0 Å². The van der Waals surface area contributed by atoms with Crippen molar-refractivity contribution in [3.05, 3.63) is 23.8 Å². The maximum atomic E-state index is 12.1. The number of rotatable bonds is 4. The summed E-state index contributed by atoms with van der Waals surface area (Å²) in [5.74, 6) is 0. The molecule has 0 aliphatic rings. The highest BCUT2D eigenvalue weighted by Crippen LogP contribution is 2.23. The Balaban J connectivity index is 3.22. The number of para-hydroxylation sites is 1. The molecule has 1 rings (SSSR count). The zero-order valence-electron chi connectivity index (χ0n) is 11.2. The van der Waals surface area contributed by atoms with Crippen LogP contribution < -0.4 is 5.73 Å². The molecule has 0 atom stereocenters. The first-order valence-electron chi connectivity index (χ1n) is 5.88. The Hall–Kier alpha value is -1.76. The highest BCUT2D eigenvalue weighted by molar-refractivity contribution is 7.90. The third kappa shape index (κ3) is 3.85. The van der Waals surface area contributed by atoms with Crippen LogP contribution >= 0.6 is 0 Å². The number of aryl methyl sites for hydroxylation is 1. The second-order valence-corrected chi connectivity index (χ2v) is 5.26. The van der Waals surface area contributed by atoms with Gasteiger partial charge < -0.3 is 15.2 Å². The van der Waals surface area contributed by atoms with Gasteiger partial charge in [0.15, 0.2) is 0 Å². The molecule has 7 heteroatoms. The number of ether oxygens (including phenoxy) is 2. The fourth-order valence-electron chi connectivity index (χ4n) is 1.37. The number of anilines is 1. The van der Waals surface area contributed by atoms with Crippen molar-refractivity contribution in [2.24, 2.45) is 4.40 Å². The van der Waals surface area contributed by atoms with Crippen LogP contribution in [0.3, 0.4) is 0 Å². The van der Waals surface area contributed by atoms with E-state index in [2.05, 4.69) is 4.40 Å². The SMILES string of the molecule is CCOC(=NS(=O)(=O)c1cccc(C)c1N)OCC. The van der Waals surface area contributed by atoms with Crippen LogP contribution in [0.25, 0.3) is 0 Å². The standard InChI is InChI=1S/C12H18N2O4S/c1-4-17-12(18-5-2)14-19(15,16)10-8-6-7-9(3)11(10)13/h6-8H,4-5,13H2,1-3H3. The Kier molecular flexibility index (Phi) is 5.17. The highest BCUT2D eigenvalue weighted by Gasteiger charge is 2.19. The van der Waals surface area contributed by atoms with E-state index in [4.69, 9.17) is 15.2 Å². The Morgan fingerprint density at radius 1 is 1.26 bits per heavy atom. The molecular weight excluding hydrogens is 268 g/mol. The van der Waals surface area contributed by atoms with Crippen molar-refractivity contribution in [1.29, 1.82) is 0 Å². The smallest absolute Gasteiger partial charge is 0.399 e. The van der Waals surface area contributed by atoms with Gasteiger partial charge in [0, 0.05) is 0 Å². The van der Waals surface area contributed by atoms with Crippen LogP contribution in [0.2, 0.25) is 0 Å². The molecule has 2 N–H and O–H groups in total. The number of nitrogens with zero attached hydrogens (tertiary/aromatic N) is 1. The van der Waals surface area contributed by atoms with Gasteiger partial charge >= 0.3 is 6.08 Å². The summed E-state index contributed by atoms with van der Waals surface area (Å²) in [5.41, 5.74) is 6.61. The van der Waals surface area contributed by atoms with Gasteiger partial charge in [-0.15, -0.1) is 0 Å². The molecule has 0 amide bonds. The van der Waals surface area contributed by atoms with E-state index in [1.807, 2.05) is 0 Å². The minimum Gasteiger partial charge on any atom is -0.450 e. The molecule has 19 heavy (non-hydrogen) atoms. The van der Waals surface area contributed by atoms with Crippen molar-refractivity contribution in [3.8, 4) is 0 Å². The summed E-state index contributed by atoms with van der Waals surface area (Å²) >= 11 is 0. The predicted molar refractivity (Wildman–Crippen MR) is 73.5 cm³/mol. The average Bonchev–Trinajstić information content (AvgIpc) is 2.32. The van der Waals surface area contributed by atoms with Crippen molar-refractivity contribution in [3.63, 3.8) is 0 Å². The summed E-state index contributed by atoms with van der Waals surface area (Å²) in [7, 11) is -3.94. The summed E-state index contributed by atoms with van der Waals surface area (Å²) in [6, 6.07) is 4.73. The molecule has 6 nitrogen and oxygen atoms in total. The fraction of sp³-hybridized carbons (Fsp3) is 0.417. The van der Waals surface area contributed by atoms with E-state index in [1.54, 1.807) is 32.9 Å². The lowest BCUT2D eigenvalue weighted by Crippen LogP contribution is -2.13. The third-order valence-corrected chi connectivity index (χ3v) is 3.59. The molecule has 106 valence electrons. The molecule has 0 heterocycles. The molecule has 0 radical (unpaired) electrons. The van der Waals surface area contributed by atoms with E-state index in [-0.39, 0.29) is 29.9 Å². The van der Waals surface area contributed by atoms with Gasteiger partial charge in [0.1, 0.15) is 4.90 Å². The van der Waals surface area contributed by atoms with Crippen LogP contribution in [0.15, 0.2) is 27.5 Å². The molecule has 0 aromatic heterocycles. The monoisotopic (exact) mass is 286 g/mol. The molecular formula is C12H18N2O4S. The number of hydrogen-bond acceptors (Lipinski definition) is 5. The van der Waals surface area contributed by atoms with Crippen LogP contribution in [0.1, 0.15) is 19.4 Å². The van der Waals surface area contributed by atoms with Crippen molar-refractivity contribution >= 4 is 21.8 Å². The van der Waals surface area contributed by atoms with E-state index >= 15 is 0 Å². The van der Waals surface area contributed by atoms with E-state index in [1.165, 1.54) is 6.07 Å². The van der Waals surface area contributed by atoms with E-state index in [0.29, 0.717) is 5.56 Å². The number of sulfonamides is 1. The Labute approximate surface area is 113 Å². The van der Waals surface area contributed by atoms with Crippen LogP contribution in [0, 0.1) is 6.92 Å². The first-order chi connectivity index (χ1) is 8.92. The molecule has 0 spiro atoms. The summed E-state index contributed by atoms with van der Waals surface area (Å²) in [6.45, 7) is 5.67. The molecule has 0 fully saturated rings. The lowest BCUT2D eigenvalue weighted by atomic mass is 10.2. The van der Waals surface area contributed by atoms with Gasteiger partial charge in [-0.25, -0.2) is 0 Å². The number of nitrogens with two attached hydrogens (primary N) is 1. The van der Waals surface area contributed by atoms with Gasteiger partial charge in [-0.05, 0) is 32.4 Å². The van der Waals surface area contributed by atoms with Crippen molar-refractivity contribution in [2.45, 2.75) is 25.7 Å². The summed E-state index contributed by atoms with van der Waals surface area (Å²) in [4.78, 5) is -0.0515. The average molecular weight is 286 g/mol. The summed E-state index contributed by atoms with van der Waals surface area (Å²) in [6.07, 6.45) is -0.272. The van der Waals surface area contributed by atoms with Gasteiger partial charge in [-0.2, -0.15) is 8.42 Å². The van der Waals surface area contributed by atoms with Crippen molar-refractivity contribution < 1.29 is 17.9 Å². The van der Waals surface area contributed by atoms with Crippen LogP contribution in [-0.2, 0) is 19.5 Å². The Bertz CT molecular complexity index is 559. The number of benzene rings is 1. The maximum absolute atomic E-state index is 12.1. The minimum atomic E-state index is -3.94. The molecule has 0 saturated carbocycles. The molecule has 1 aromatic rings. The number of hydrogen-bond donors (Lipinski definition) is 1. The van der Waals surface area contributed by atoms with Crippen LogP contribution in [0.4, 0.5) is 5.69 Å². The zero-order chi connectivity index (χ0) is 14.5. The molecule has 0 aliphatic carbocycles. The second-order valence-electron chi connectivity index (χ2n) is 3.69. The first-order valence-corrected chi connectivity index (χ1v) is 7.32. The van der Waals surface area contributed by atoms with Gasteiger partial charge in [-0.1, -0.05) is 16.5 Å². The predicted octanol–water partition coefficient (Wildman–Crippen LogP) is 1.69. The third-order valence-electron chi connectivity index (χ3n) is 2.29. The topological polar surface area (TPSA) is 91.0 Å². The first kappa shape index (κ1) is 15.3. The van der Waals surface area contributed by atoms with Gasteiger partial charge in [-0.3, -0.25) is 0 Å². The summed E-state index contributed by atoms with van der Waals surface area (Å²) in [5, 5.41) is 0. The lowest BCUT2D eigenvalue weighted by molar-refractivity contribution is 0.182. The molecule has 0 bridgehead atoms. The molecule has 0 aliphatic heterocycles. The van der Waals surface area contributed by atoms with E-state index < -0.39 is 10.0 Å². The maximum Gasteiger partial charge on any atom is 0.399 e. The molecule has 0 unspecified atom stereocenters. The lowest BCUT2D eigenvalue weighted by Gasteiger charge is -2.09. The number of nitrogen functional groups attached to an aromatic ring is 1. The molecule has 0 saturated heterocycles. The highest BCUT2D eigenvalue weighted by atomic mass is 32.2. The summed E-state index contributed by atoms with van der Waals surface area (Å²) < 4.78 is 37.8. The van der Waals surface area contributed by atoms with Crippen LogP contribution in [0.5, 0.6) is 0 Å². The fourth-order valence-corrected chi connectivity index (χ4v) is 2.46. The van der Waals surface area contributed by atoms with E-state index in [0.717, 1.165) is 0 Å². The van der Waals surface area contributed by atoms with Gasteiger partial charge in [0.2, 0.25) is 0 Å². The molecule has 1 aromatic carbocycles. The normalized spacial score (nSPS) is 10.9. The van der Waals surface area contributed by atoms with E-state index in [9.17, 15) is 8.42 Å². The second kappa shape index (κ2) is 6.42. The Morgan fingerprint density at radius 3 is 2.37 bits per heavy atom. The van der Waals surface area contributed by atoms with Crippen LogP contribution in [-0.4, -0.2) is 27.7 Å². The Morgan fingerprint density at radius 2 is 1.84 bits per heavy atom. The van der Waals surface area contributed by atoms with Crippen molar-refractivity contribution in [2.75, 3.05) is 18.9 Å². The minimum absolute atomic E-state index is 0.0515. The van der Waals surface area contributed by atoms with Crippen molar-refractivity contribution in [1.82, 2.24) is 0 Å². The zero-order valence-corrected chi connectivity index (χ0v) is 12.0.